The molecule has 4 atom stereocenters. The minimum Gasteiger partial charge on any atom is -0.326 e. The van der Waals surface area contributed by atoms with Crippen molar-refractivity contribution in [3.8, 4) is 0 Å². The molecule has 1 nitrogen and oxygen atoms in total. The molecule has 12 heavy (non-hydrogen) atoms. The van der Waals surface area contributed by atoms with E-state index >= 15 is 0 Å². The molecule has 0 spiro atoms. The first-order valence-electron chi connectivity index (χ1n) is 4.75. The molecule has 1 saturated heterocycles. The van der Waals surface area contributed by atoms with Gasteiger partial charge in [0.2, 0.25) is 0 Å². The second-order valence-corrected chi connectivity index (χ2v) is 6.59. The van der Waals surface area contributed by atoms with Crippen molar-refractivity contribution in [1.82, 2.24) is 0 Å². The highest BCUT2D eigenvalue weighted by Gasteiger charge is 2.42. The van der Waals surface area contributed by atoms with Gasteiger partial charge in [-0.25, -0.2) is 0 Å². The summed E-state index contributed by atoms with van der Waals surface area (Å²) in [4.78, 5) is 0. The quantitative estimate of drug-likeness (QED) is 0.630. The number of hydrogen-bond donors (Lipinski definition) is 1. The van der Waals surface area contributed by atoms with Gasteiger partial charge < -0.3 is 5.73 Å². The van der Waals surface area contributed by atoms with Crippen LogP contribution in [0, 0.1) is 11.3 Å². The molecule has 0 radical (unpaired) electrons. The van der Waals surface area contributed by atoms with Gasteiger partial charge in [-0.2, -0.15) is 11.8 Å². The van der Waals surface area contributed by atoms with E-state index < -0.39 is 0 Å². The molecular weight excluding hydrogens is 166 g/mol. The van der Waals surface area contributed by atoms with Gasteiger partial charge in [-0.3, -0.25) is 0 Å². The fourth-order valence-corrected chi connectivity index (χ4v) is 3.55. The molecule has 1 rings (SSSR count). The number of thioether (sulfide) groups is 1. The highest BCUT2D eigenvalue weighted by Crippen LogP contribution is 2.45. The lowest BCUT2D eigenvalue weighted by atomic mass is 9.83. The van der Waals surface area contributed by atoms with Crippen LogP contribution < -0.4 is 5.73 Å². The van der Waals surface area contributed by atoms with Crippen LogP contribution in [0.1, 0.15) is 34.6 Å². The molecule has 1 fully saturated rings. The Morgan fingerprint density at radius 1 is 1.17 bits per heavy atom. The minimum absolute atomic E-state index is 0.350. The highest BCUT2D eigenvalue weighted by atomic mass is 32.2. The van der Waals surface area contributed by atoms with Crippen molar-refractivity contribution >= 4 is 11.8 Å². The Hall–Kier alpha value is 0.310. The second-order valence-electron chi connectivity index (χ2n) is 5.06. The van der Waals surface area contributed by atoms with Crippen LogP contribution in [0.3, 0.4) is 0 Å². The van der Waals surface area contributed by atoms with Crippen molar-refractivity contribution in [3.05, 3.63) is 0 Å². The Kier molecular flexibility index (Phi) is 2.79. The van der Waals surface area contributed by atoms with Crippen molar-refractivity contribution in [2.24, 2.45) is 17.1 Å². The zero-order valence-corrected chi connectivity index (χ0v) is 9.61. The van der Waals surface area contributed by atoms with Crippen molar-refractivity contribution in [2.45, 2.75) is 51.2 Å². The number of hydrogen-bond acceptors (Lipinski definition) is 2. The third-order valence-electron chi connectivity index (χ3n) is 2.91. The predicted octanol–water partition coefficient (Wildman–Crippen LogP) is 2.50. The van der Waals surface area contributed by atoms with E-state index in [9.17, 15) is 0 Å². The number of nitrogens with two attached hydrogens (primary N) is 1. The van der Waals surface area contributed by atoms with E-state index in [0.717, 1.165) is 5.25 Å². The monoisotopic (exact) mass is 187 g/mol. The van der Waals surface area contributed by atoms with E-state index in [1.807, 2.05) is 0 Å². The van der Waals surface area contributed by atoms with Gasteiger partial charge in [0.1, 0.15) is 0 Å². The van der Waals surface area contributed by atoms with Crippen LogP contribution in [0.5, 0.6) is 0 Å². The Morgan fingerprint density at radius 3 is 1.83 bits per heavy atom. The third-order valence-corrected chi connectivity index (χ3v) is 5.09. The van der Waals surface area contributed by atoms with Crippen LogP contribution in [-0.4, -0.2) is 16.5 Å². The zero-order chi connectivity index (χ0) is 9.52. The van der Waals surface area contributed by atoms with Crippen LogP contribution in [0.2, 0.25) is 0 Å². The standard InChI is InChI=1S/C10H21NS/c1-6-7(2)12-9(8(6)11)10(3,4)5/h6-9H,11H2,1-5H3. The average Bonchev–Trinajstić information content (AvgIpc) is 2.15. The van der Waals surface area contributed by atoms with Gasteiger partial charge in [-0.15, -0.1) is 0 Å². The molecule has 2 N–H and O–H groups in total. The lowest BCUT2D eigenvalue weighted by Gasteiger charge is -2.30. The molecule has 0 aromatic rings. The molecule has 4 unspecified atom stereocenters. The maximum Gasteiger partial charge on any atom is 0.0253 e. The van der Waals surface area contributed by atoms with E-state index in [1.165, 1.54) is 0 Å². The smallest absolute Gasteiger partial charge is 0.0253 e. The zero-order valence-electron chi connectivity index (χ0n) is 8.79. The summed E-state index contributed by atoms with van der Waals surface area (Å²) in [6.07, 6.45) is 0. The third kappa shape index (κ3) is 1.80. The lowest BCUT2D eigenvalue weighted by molar-refractivity contribution is 0.326. The molecule has 72 valence electrons. The lowest BCUT2D eigenvalue weighted by Crippen LogP contribution is -2.40. The summed E-state index contributed by atoms with van der Waals surface area (Å²) in [6.45, 7) is 11.4. The fraction of sp³-hybridized carbons (Fsp3) is 1.00. The molecule has 2 heteroatoms. The van der Waals surface area contributed by atoms with Crippen molar-refractivity contribution in [2.75, 3.05) is 0 Å². The second kappa shape index (κ2) is 3.22. The minimum atomic E-state index is 0.350. The number of rotatable bonds is 0. The van der Waals surface area contributed by atoms with Crippen LogP contribution in [-0.2, 0) is 0 Å². The summed E-state index contributed by atoms with van der Waals surface area (Å²) < 4.78 is 0. The van der Waals surface area contributed by atoms with Gasteiger partial charge in [0.15, 0.2) is 0 Å². The molecule has 1 aliphatic rings. The molecule has 0 amide bonds. The molecule has 1 aliphatic heterocycles. The van der Waals surface area contributed by atoms with Gasteiger partial charge >= 0.3 is 0 Å². The summed E-state index contributed by atoms with van der Waals surface area (Å²) in [5.74, 6) is 0.666. The van der Waals surface area contributed by atoms with Gasteiger partial charge in [-0.05, 0) is 11.3 Å². The van der Waals surface area contributed by atoms with Crippen LogP contribution in [0.25, 0.3) is 0 Å². The van der Waals surface area contributed by atoms with E-state index in [0.29, 0.717) is 22.6 Å². The summed E-state index contributed by atoms with van der Waals surface area (Å²) in [7, 11) is 0. The van der Waals surface area contributed by atoms with E-state index in [2.05, 4.69) is 46.4 Å². The Bertz CT molecular complexity index is 162. The highest BCUT2D eigenvalue weighted by molar-refractivity contribution is 8.00. The summed E-state index contributed by atoms with van der Waals surface area (Å²) in [5, 5.41) is 1.35. The first-order valence-corrected chi connectivity index (χ1v) is 5.69. The molecular formula is C10H21NS. The van der Waals surface area contributed by atoms with Crippen molar-refractivity contribution in [1.29, 1.82) is 0 Å². The van der Waals surface area contributed by atoms with Crippen molar-refractivity contribution < 1.29 is 0 Å². The van der Waals surface area contributed by atoms with Crippen LogP contribution >= 0.6 is 11.8 Å². The first-order chi connectivity index (χ1) is 5.34. The molecule has 0 aromatic carbocycles. The molecule has 0 saturated carbocycles. The summed E-state index contributed by atoms with van der Waals surface area (Å²) in [5.41, 5.74) is 6.53. The molecule has 1 heterocycles. The Morgan fingerprint density at radius 2 is 1.67 bits per heavy atom. The largest absolute Gasteiger partial charge is 0.326 e. The van der Waals surface area contributed by atoms with Gasteiger partial charge in [0.05, 0.1) is 0 Å². The Balaban J connectivity index is 2.71. The van der Waals surface area contributed by atoms with Gasteiger partial charge in [-0.1, -0.05) is 34.6 Å². The maximum absolute atomic E-state index is 6.18. The van der Waals surface area contributed by atoms with Crippen LogP contribution in [0.4, 0.5) is 0 Å². The SMILES string of the molecule is CC1SC(C(C)(C)C)C(N)C1C. The predicted molar refractivity (Wildman–Crippen MR) is 57.4 cm³/mol. The topological polar surface area (TPSA) is 26.0 Å². The Labute approximate surface area is 80.5 Å². The normalized spacial score (nSPS) is 43.5. The van der Waals surface area contributed by atoms with E-state index in [1.54, 1.807) is 0 Å². The van der Waals surface area contributed by atoms with Gasteiger partial charge in [0, 0.05) is 16.5 Å². The molecule has 0 aliphatic carbocycles. The fourth-order valence-electron chi connectivity index (χ4n) is 1.82. The summed E-state index contributed by atoms with van der Waals surface area (Å²) in [6, 6.07) is 0.380. The van der Waals surface area contributed by atoms with Crippen molar-refractivity contribution in [3.63, 3.8) is 0 Å². The first kappa shape index (κ1) is 10.4. The maximum atomic E-state index is 6.18. The average molecular weight is 187 g/mol. The summed E-state index contributed by atoms with van der Waals surface area (Å²) >= 11 is 2.06. The molecule has 0 aromatic heterocycles. The van der Waals surface area contributed by atoms with Crippen LogP contribution in [0.15, 0.2) is 0 Å². The molecule has 0 bridgehead atoms. The van der Waals surface area contributed by atoms with Gasteiger partial charge in [0.25, 0.3) is 0 Å². The van der Waals surface area contributed by atoms with E-state index in [-0.39, 0.29) is 0 Å². The van der Waals surface area contributed by atoms with E-state index in [4.69, 9.17) is 5.73 Å².